The van der Waals surface area contributed by atoms with Crippen LogP contribution < -0.4 is 0 Å². The molecule has 0 bridgehead atoms. The molecule has 3 aromatic carbocycles. The van der Waals surface area contributed by atoms with Crippen molar-refractivity contribution in [2.24, 2.45) is 0 Å². The van der Waals surface area contributed by atoms with Crippen LogP contribution in [0.5, 0.6) is 0 Å². The second-order valence-electron chi connectivity index (χ2n) is 6.89. The van der Waals surface area contributed by atoms with E-state index in [9.17, 15) is 0 Å². The molecule has 1 saturated heterocycles. The van der Waals surface area contributed by atoms with Crippen molar-refractivity contribution in [3.05, 3.63) is 102 Å². The Morgan fingerprint density at radius 1 is 0.654 bits per heavy atom. The molecule has 26 heavy (non-hydrogen) atoms. The van der Waals surface area contributed by atoms with E-state index in [1.54, 1.807) is 0 Å². The second-order valence-corrected chi connectivity index (χ2v) is 8.26. The fraction of sp³-hybridized carbons (Fsp3) is 0.250. The molecule has 132 valence electrons. The van der Waals surface area contributed by atoms with Crippen LogP contribution in [0.1, 0.15) is 30.0 Å². The van der Waals surface area contributed by atoms with Gasteiger partial charge in [-0.15, -0.1) is 11.8 Å². The predicted molar refractivity (Wildman–Crippen MR) is 112 cm³/mol. The Morgan fingerprint density at radius 2 is 1.12 bits per heavy atom. The molecule has 2 heteroatoms. The van der Waals surface area contributed by atoms with Gasteiger partial charge in [0.25, 0.3) is 0 Å². The van der Waals surface area contributed by atoms with Gasteiger partial charge in [-0.2, -0.15) is 0 Å². The molecule has 1 heterocycles. The van der Waals surface area contributed by atoms with Gasteiger partial charge in [0.15, 0.2) is 0 Å². The van der Waals surface area contributed by atoms with Crippen molar-refractivity contribution in [3.63, 3.8) is 0 Å². The Kier molecular flexibility index (Phi) is 5.73. The summed E-state index contributed by atoms with van der Waals surface area (Å²) in [5.74, 6) is 0. The smallest absolute Gasteiger partial charge is 0.0601 e. The van der Waals surface area contributed by atoms with Gasteiger partial charge in [-0.05, 0) is 36.1 Å². The number of thioether (sulfide) groups is 1. The van der Waals surface area contributed by atoms with Crippen LogP contribution in [-0.2, 0) is 0 Å². The summed E-state index contributed by atoms with van der Waals surface area (Å²) in [5.41, 5.74) is 2.79. The minimum absolute atomic E-state index is 0.361. The van der Waals surface area contributed by atoms with Crippen LogP contribution in [0, 0.1) is 0 Å². The molecule has 0 amide bonds. The minimum Gasteiger partial charge on any atom is -0.292 e. The number of hydrogen-bond donors (Lipinski definition) is 0. The lowest BCUT2D eigenvalue weighted by molar-refractivity contribution is 0.190. The van der Waals surface area contributed by atoms with Gasteiger partial charge in [0, 0.05) is 23.2 Å². The van der Waals surface area contributed by atoms with E-state index in [0.29, 0.717) is 6.04 Å². The van der Waals surface area contributed by atoms with E-state index < -0.39 is 0 Å². The molecular formula is C24H25NS. The van der Waals surface area contributed by atoms with Gasteiger partial charge in [-0.3, -0.25) is 4.90 Å². The maximum atomic E-state index is 2.66. The molecule has 0 saturated carbocycles. The molecule has 0 N–H and O–H groups in total. The summed E-state index contributed by atoms with van der Waals surface area (Å²) in [6, 6.07) is 33.1. The molecule has 0 spiro atoms. The van der Waals surface area contributed by atoms with E-state index in [1.165, 1.54) is 28.9 Å². The van der Waals surface area contributed by atoms with Crippen molar-refractivity contribution in [2.45, 2.75) is 29.0 Å². The average molecular weight is 360 g/mol. The van der Waals surface area contributed by atoms with Gasteiger partial charge in [-0.1, -0.05) is 78.9 Å². The highest BCUT2D eigenvalue weighted by Crippen LogP contribution is 2.35. The molecular weight excluding hydrogens is 334 g/mol. The van der Waals surface area contributed by atoms with E-state index in [0.717, 1.165) is 18.3 Å². The van der Waals surface area contributed by atoms with Crippen molar-refractivity contribution >= 4 is 11.8 Å². The molecule has 0 aromatic heterocycles. The molecule has 0 unspecified atom stereocenters. The third-order valence-electron chi connectivity index (χ3n) is 5.12. The first-order valence-electron chi connectivity index (χ1n) is 9.46. The third kappa shape index (κ3) is 4.20. The van der Waals surface area contributed by atoms with Crippen LogP contribution in [0.2, 0.25) is 0 Å². The van der Waals surface area contributed by atoms with Gasteiger partial charge in [0.2, 0.25) is 0 Å². The number of likely N-dealkylation sites (tertiary alicyclic amines) is 1. The van der Waals surface area contributed by atoms with Crippen LogP contribution in [0.3, 0.4) is 0 Å². The monoisotopic (exact) mass is 359 g/mol. The number of piperidine rings is 1. The largest absolute Gasteiger partial charge is 0.292 e. The molecule has 1 nitrogen and oxygen atoms in total. The first-order valence-corrected chi connectivity index (χ1v) is 10.3. The van der Waals surface area contributed by atoms with Gasteiger partial charge >= 0.3 is 0 Å². The molecule has 0 radical (unpaired) electrons. The van der Waals surface area contributed by atoms with E-state index in [-0.39, 0.29) is 0 Å². The van der Waals surface area contributed by atoms with Crippen molar-refractivity contribution in [1.29, 1.82) is 0 Å². The molecule has 3 aromatic rings. The fourth-order valence-corrected chi connectivity index (χ4v) is 4.97. The highest BCUT2D eigenvalue weighted by atomic mass is 32.2. The quantitative estimate of drug-likeness (QED) is 0.547. The molecule has 4 rings (SSSR count). The first-order chi connectivity index (χ1) is 12.9. The van der Waals surface area contributed by atoms with Crippen LogP contribution in [-0.4, -0.2) is 23.2 Å². The van der Waals surface area contributed by atoms with Gasteiger partial charge in [0.05, 0.1) is 6.04 Å². The van der Waals surface area contributed by atoms with Crippen LogP contribution in [0.4, 0.5) is 0 Å². The summed E-state index contributed by atoms with van der Waals surface area (Å²) in [7, 11) is 0. The van der Waals surface area contributed by atoms with Crippen LogP contribution in [0.15, 0.2) is 95.9 Å². The number of nitrogens with zero attached hydrogens (tertiary/aromatic N) is 1. The lowest BCUT2D eigenvalue weighted by Crippen LogP contribution is -2.38. The average Bonchev–Trinajstić information content (AvgIpc) is 2.72. The molecule has 0 atom stereocenters. The van der Waals surface area contributed by atoms with Crippen molar-refractivity contribution in [3.8, 4) is 0 Å². The second kappa shape index (κ2) is 8.57. The zero-order valence-electron chi connectivity index (χ0n) is 15.0. The van der Waals surface area contributed by atoms with E-state index in [2.05, 4.69) is 95.9 Å². The minimum atomic E-state index is 0.361. The summed E-state index contributed by atoms with van der Waals surface area (Å²) in [5, 5.41) is 0.723. The zero-order chi connectivity index (χ0) is 17.6. The number of hydrogen-bond acceptors (Lipinski definition) is 2. The van der Waals surface area contributed by atoms with Crippen LogP contribution >= 0.6 is 11.8 Å². The topological polar surface area (TPSA) is 3.24 Å². The fourth-order valence-electron chi connectivity index (χ4n) is 3.83. The van der Waals surface area contributed by atoms with E-state index in [1.807, 2.05) is 11.8 Å². The Bertz CT molecular complexity index is 741. The SMILES string of the molecule is c1ccc(SC2CCN(C(c3ccccc3)c3ccccc3)CC2)cc1. The normalized spacial score (nSPS) is 16.0. The molecule has 1 aliphatic heterocycles. The summed E-state index contributed by atoms with van der Waals surface area (Å²) >= 11 is 2.04. The van der Waals surface area contributed by atoms with Crippen LogP contribution in [0.25, 0.3) is 0 Å². The Hall–Kier alpha value is -2.03. The molecule has 0 aliphatic carbocycles. The van der Waals surface area contributed by atoms with Gasteiger partial charge in [0.1, 0.15) is 0 Å². The van der Waals surface area contributed by atoms with Crippen molar-refractivity contribution in [2.75, 3.05) is 13.1 Å². The number of rotatable bonds is 5. The highest BCUT2D eigenvalue weighted by Gasteiger charge is 2.27. The molecule has 1 fully saturated rings. The van der Waals surface area contributed by atoms with E-state index >= 15 is 0 Å². The lowest BCUT2D eigenvalue weighted by atomic mass is 9.95. The summed E-state index contributed by atoms with van der Waals surface area (Å²) in [4.78, 5) is 4.06. The third-order valence-corrected chi connectivity index (χ3v) is 6.47. The summed E-state index contributed by atoms with van der Waals surface area (Å²) in [6.45, 7) is 2.30. The van der Waals surface area contributed by atoms with E-state index in [4.69, 9.17) is 0 Å². The zero-order valence-corrected chi connectivity index (χ0v) is 15.8. The van der Waals surface area contributed by atoms with Crippen molar-refractivity contribution in [1.82, 2.24) is 4.90 Å². The Morgan fingerprint density at radius 3 is 1.62 bits per heavy atom. The lowest BCUT2D eigenvalue weighted by Gasteiger charge is -2.38. The number of benzene rings is 3. The Balaban J connectivity index is 1.48. The molecule has 1 aliphatic rings. The first kappa shape index (κ1) is 17.4. The Labute approximate surface area is 161 Å². The van der Waals surface area contributed by atoms with Crippen molar-refractivity contribution < 1.29 is 0 Å². The summed E-state index contributed by atoms with van der Waals surface area (Å²) < 4.78 is 0. The maximum Gasteiger partial charge on any atom is 0.0601 e. The predicted octanol–water partition coefficient (Wildman–Crippen LogP) is 6.03. The van der Waals surface area contributed by atoms with Gasteiger partial charge in [-0.25, -0.2) is 0 Å². The highest BCUT2D eigenvalue weighted by molar-refractivity contribution is 8.00. The summed E-state index contributed by atoms with van der Waals surface area (Å²) in [6.07, 6.45) is 2.49. The maximum absolute atomic E-state index is 2.66. The van der Waals surface area contributed by atoms with Gasteiger partial charge < -0.3 is 0 Å². The standard InChI is InChI=1S/C24H25NS/c1-4-10-20(11-5-1)24(21-12-6-2-7-13-21)25-18-16-23(17-19-25)26-22-14-8-3-9-15-22/h1-15,23-24H,16-19H2.